The van der Waals surface area contributed by atoms with Gasteiger partial charge in [-0.05, 0) is 31.7 Å². The van der Waals surface area contributed by atoms with E-state index in [0.29, 0.717) is 25.6 Å². The van der Waals surface area contributed by atoms with E-state index in [4.69, 9.17) is 5.73 Å². The summed E-state index contributed by atoms with van der Waals surface area (Å²) >= 11 is 0. The molecule has 1 fully saturated rings. The monoisotopic (exact) mass is 263 g/mol. The lowest BCUT2D eigenvalue weighted by Gasteiger charge is -2.34. The highest BCUT2D eigenvalue weighted by molar-refractivity contribution is 7.87. The van der Waals surface area contributed by atoms with Gasteiger partial charge in [0.25, 0.3) is 10.2 Å². The molecule has 1 unspecified atom stereocenters. The first-order valence-corrected chi connectivity index (χ1v) is 7.88. The third-order valence-electron chi connectivity index (χ3n) is 3.06. The van der Waals surface area contributed by atoms with E-state index in [2.05, 4.69) is 4.72 Å². The molecule has 0 bridgehead atoms. The molecule has 1 aliphatic rings. The van der Waals surface area contributed by atoms with Crippen LogP contribution >= 0.6 is 0 Å². The second-order valence-electron chi connectivity index (χ2n) is 5.09. The number of nitrogens with two attached hydrogens (primary N) is 1. The van der Waals surface area contributed by atoms with Crippen LogP contribution in [0.2, 0.25) is 0 Å². The minimum atomic E-state index is -3.32. The van der Waals surface area contributed by atoms with Crippen LogP contribution < -0.4 is 10.5 Å². The summed E-state index contributed by atoms with van der Waals surface area (Å²) in [5.74, 6) is 0.322. The topological polar surface area (TPSA) is 75.4 Å². The van der Waals surface area contributed by atoms with Gasteiger partial charge in [0.1, 0.15) is 0 Å². The molecule has 102 valence electrons. The minimum absolute atomic E-state index is 0.0819. The number of hydrogen-bond donors (Lipinski definition) is 2. The first-order chi connectivity index (χ1) is 7.97. The van der Waals surface area contributed by atoms with Crippen molar-refractivity contribution in [1.29, 1.82) is 0 Å². The first kappa shape index (κ1) is 14.9. The van der Waals surface area contributed by atoms with Crippen LogP contribution in [-0.4, -0.2) is 38.4 Å². The molecule has 1 aliphatic heterocycles. The van der Waals surface area contributed by atoms with Crippen LogP contribution in [0.5, 0.6) is 0 Å². The molecule has 3 N–H and O–H groups in total. The van der Waals surface area contributed by atoms with E-state index in [1.807, 2.05) is 13.8 Å². The van der Waals surface area contributed by atoms with Crippen LogP contribution in [-0.2, 0) is 10.2 Å². The van der Waals surface area contributed by atoms with Gasteiger partial charge in [-0.1, -0.05) is 20.3 Å². The van der Waals surface area contributed by atoms with Crippen molar-refractivity contribution in [3.05, 3.63) is 0 Å². The quantitative estimate of drug-likeness (QED) is 0.740. The summed E-state index contributed by atoms with van der Waals surface area (Å²) in [5, 5.41) is 0. The van der Waals surface area contributed by atoms with Crippen molar-refractivity contribution in [3.8, 4) is 0 Å². The Balaban J connectivity index is 2.65. The first-order valence-electron chi connectivity index (χ1n) is 6.44. The number of nitrogens with zero attached hydrogens (tertiary/aromatic N) is 1. The molecule has 0 aromatic rings. The minimum Gasteiger partial charge on any atom is -0.330 e. The standard InChI is InChI=1S/C11H25N3O2S/c1-10(2)9-13-17(15,16)14-8-4-3-5-11(14)6-7-12/h10-11,13H,3-9,12H2,1-2H3. The molecular formula is C11H25N3O2S. The number of hydrogen-bond acceptors (Lipinski definition) is 3. The fourth-order valence-electron chi connectivity index (χ4n) is 2.13. The summed E-state index contributed by atoms with van der Waals surface area (Å²) in [6.07, 6.45) is 3.73. The second-order valence-corrected chi connectivity index (χ2v) is 6.79. The molecule has 1 saturated heterocycles. The molecule has 6 heteroatoms. The Labute approximate surface area is 105 Å². The predicted octanol–water partition coefficient (Wildman–Crippen LogP) is 0.680. The van der Waals surface area contributed by atoms with E-state index in [-0.39, 0.29) is 6.04 Å². The van der Waals surface area contributed by atoms with Crippen molar-refractivity contribution in [2.24, 2.45) is 11.7 Å². The van der Waals surface area contributed by atoms with Crippen LogP contribution in [0.25, 0.3) is 0 Å². The highest BCUT2D eigenvalue weighted by Gasteiger charge is 2.31. The van der Waals surface area contributed by atoms with Gasteiger partial charge in [0, 0.05) is 19.1 Å². The predicted molar refractivity (Wildman–Crippen MR) is 69.8 cm³/mol. The number of piperidine rings is 1. The van der Waals surface area contributed by atoms with E-state index < -0.39 is 10.2 Å². The van der Waals surface area contributed by atoms with Gasteiger partial charge in [-0.3, -0.25) is 0 Å². The Morgan fingerprint density at radius 2 is 2.12 bits per heavy atom. The molecule has 0 spiro atoms. The Kier molecular flexibility index (Phi) is 5.85. The number of nitrogens with one attached hydrogen (secondary N) is 1. The zero-order chi connectivity index (χ0) is 12.9. The second kappa shape index (κ2) is 6.68. The normalized spacial score (nSPS) is 23.2. The Morgan fingerprint density at radius 3 is 2.71 bits per heavy atom. The van der Waals surface area contributed by atoms with Crippen LogP contribution in [0.15, 0.2) is 0 Å². The smallest absolute Gasteiger partial charge is 0.279 e. The van der Waals surface area contributed by atoms with Crippen molar-refractivity contribution in [2.45, 2.75) is 45.6 Å². The molecule has 0 aliphatic carbocycles. The lowest BCUT2D eigenvalue weighted by atomic mass is 10.0. The van der Waals surface area contributed by atoms with Crippen LogP contribution in [0, 0.1) is 5.92 Å². The summed E-state index contributed by atoms with van der Waals surface area (Å²) in [7, 11) is -3.32. The highest BCUT2D eigenvalue weighted by atomic mass is 32.2. The van der Waals surface area contributed by atoms with Crippen molar-refractivity contribution in [2.75, 3.05) is 19.6 Å². The van der Waals surface area contributed by atoms with Gasteiger partial charge in [0.05, 0.1) is 0 Å². The molecule has 0 amide bonds. The van der Waals surface area contributed by atoms with Gasteiger partial charge in [-0.25, -0.2) is 4.72 Å². The molecule has 1 atom stereocenters. The molecule has 0 saturated carbocycles. The molecule has 1 rings (SSSR count). The van der Waals surface area contributed by atoms with Gasteiger partial charge < -0.3 is 5.73 Å². The van der Waals surface area contributed by atoms with Crippen LogP contribution in [0.3, 0.4) is 0 Å². The van der Waals surface area contributed by atoms with Crippen LogP contribution in [0.1, 0.15) is 39.5 Å². The molecule has 5 nitrogen and oxygen atoms in total. The van der Waals surface area contributed by atoms with Crippen molar-refractivity contribution in [1.82, 2.24) is 9.03 Å². The Morgan fingerprint density at radius 1 is 1.41 bits per heavy atom. The lowest BCUT2D eigenvalue weighted by molar-refractivity contribution is 0.240. The van der Waals surface area contributed by atoms with Gasteiger partial charge in [-0.15, -0.1) is 0 Å². The fraction of sp³-hybridized carbons (Fsp3) is 1.00. The zero-order valence-electron chi connectivity index (χ0n) is 10.9. The molecule has 17 heavy (non-hydrogen) atoms. The summed E-state index contributed by atoms with van der Waals surface area (Å²) in [5.41, 5.74) is 5.55. The summed E-state index contributed by atoms with van der Waals surface area (Å²) in [6, 6.07) is 0.0819. The van der Waals surface area contributed by atoms with E-state index in [1.54, 1.807) is 4.31 Å². The zero-order valence-corrected chi connectivity index (χ0v) is 11.7. The van der Waals surface area contributed by atoms with Gasteiger partial charge in [-0.2, -0.15) is 12.7 Å². The maximum atomic E-state index is 12.1. The molecule has 0 aromatic heterocycles. The van der Waals surface area contributed by atoms with E-state index in [9.17, 15) is 8.42 Å². The van der Waals surface area contributed by atoms with Crippen molar-refractivity contribution in [3.63, 3.8) is 0 Å². The average molecular weight is 263 g/mol. The maximum Gasteiger partial charge on any atom is 0.279 e. The summed E-state index contributed by atoms with van der Waals surface area (Å²) in [4.78, 5) is 0. The fourth-order valence-corrected chi connectivity index (χ4v) is 3.81. The third kappa shape index (κ3) is 4.54. The van der Waals surface area contributed by atoms with Crippen molar-refractivity contribution < 1.29 is 8.42 Å². The van der Waals surface area contributed by atoms with Crippen LogP contribution in [0.4, 0.5) is 0 Å². The van der Waals surface area contributed by atoms with E-state index >= 15 is 0 Å². The summed E-state index contributed by atoms with van der Waals surface area (Å²) in [6.45, 7) is 5.65. The lowest BCUT2D eigenvalue weighted by Crippen LogP contribution is -2.50. The molecule has 0 radical (unpaired) electrons. The van der Waals surface area contributed by atoms with Gasteiger partial charge >= 0.3 is 0 Å². The molecule has 0 aromatic carbocycles. The van der Waals surface area contributed by atoms with Crippen molar-refractivity contribution >= 4 is 10.2 Å². The Hall–Kier alpha value is -0.170. The average Bonchev–Trinajstić information content (AvgIpc) is 2.28. The highest BCUT2D eigenvalue weighted by Crippen LogP contribution is 2.21. The van der Waals surface area contributed by atoms with E-state index in [0.717, 1.165) is 25.7 Å². The van der Waals surface area contributed by atoms with Gasteiger partial charge in [0.2, 0.25) is 0 Å². The molecular weight excluding hydrogens is 238 g/mol. The Bertz CT molecular complexity index is 315. The van der Waals surface area contributed by atoms with E-state index in [1.165, 1.54) is 0 Å². The molecule has 1 heterocycles. The largest absolute Gasteiger partial charge is 0.330 e. The third-order valence-corrected chi connectivity index (χ3v) is 4.69. The maximum absolute atomic E-state index is 12.1. The summed E-state index contributed by atoms with van der Waals surface area (Å²) < 4.78 is 28.6. The number of rotatable bonds is 6. The SMILES string of the molecule is CC(C)CNS(=O)(=O)N1CCCCC1CCN. The van der Waals surface area contributed by atoms with Gasteiger partial charge in [0.15, 0.2) is 0 Å².